The third-order valence-electron chi connectivity index (χ3n) is 2.74. The number of alkyl halides is 3. The molecule has 0 radical (unpaired) electrons. The first-order valence-corrected chi connectivity index (χ1v) is 5.83. The van der Waals surface area contributed by atoms with E-state index in [1.54, 1.807) is 30.5 Å². The van der Waals surface area contributed by atoms with E-state index in [2.05, 4.69) is 10.3 Å². The quantitative estimate of drug-likeness (QED) is 0.837. The molecule has 0 aliphatic rings. The molecule has 1 atom stereocenters. The van der Waals surface area contributed by atoms with E-state index in [1.165, 1.54) is 6.92 Å². The zero-order chi connectivity index (χ0) is 14.0. The molecule has 19 heavy (non-hydrogen) atoms. The predicted molar refractivity (Wildman–Crippen MR) is 69.9 cm³/mol. The standard InChI is InChI=1S/C13H14F3N3/c1-8(7-13(14,15)16)19-11-5-4-10(17)9-3-2-6-18-12(9)11/h2-6,8,19H,7,17H2,1H3. The van der Waals surface area contributed by atoms with Crippen molar-refractivity contribution in [3.63, 3.8) is 0 Å². The first-order valence-electron chi connectivity index (χ1n) is 5.83. The van der Waals surface area contributed by atoms with Crippen LogP contribution in [-0.2, 0) is 0 Å². The van der Waals surface area contributed by atoms with Gasteiger partial charge >= 0.3 is 6.18 Å². The third-order valence-corrected chi connectivity index (χ3v) is 2.74. The number of hydrogen-bond acceptors (Lipinski definition) is 3. The number of nitrogens with zero attached hydrogens (tertiary/aromatic N) is 1. The second kappa shape index (κ2) is 4.95. The van der Waals surface area contributed by atoms with Crippen LogP contribution in [0.3, 0.4) is 0 Å². The number of anilines is 2. The zero-order valence-corrected chi connectivity index (χ0v) is 10.3. The fourth-order valence-corrected chi connectivity index (χ4v) is 1.97. The van der Waals surface area contributed by atoms with E-state index in [-0.39, 0.29) is 0 Å². The van der Waals surface area contributed by atoms with Crippen molar-refractivity contribution in [2.75, 3.05) is 11.1 Å². The zero-order valence-electron chi connectivity index (χ0n) is 10.3. The smallest absolute Gasteiger partial charge is 0.391 e. The molecule has 0 bridgehead atoms. The fourth-order valence-electron chi connectivity index (χ4n) is 1.97. The Hall–Kier alpha value is -1.98. The Morgan fingerprint density at radius 3 is 2.74 bits per heavy atom. The van der Waals surface area contributed by atoms with Gasteiger partial charge in [0.15, 0.2) is 0 Å². The highest BCUT2D eigenvalue weighted by Gasteiger charge is 2.30. The van der Waals surface area contributed by atoms with Crippen LogP contribution in [0.5, 0.6) is 0 Å². The molecule has 3 nitrogen and oxygen atoms in total. The SMILES string of the molecule is CC(CC(F)(F)F)Nc1ccc(N)c2cccnc12. The molecule has 2 rings (SSSR count). The minimum absolute atomic E-state index is 0.553. The van der Waals surface area contributed by atoms with Gasteiger partial charge in [-0.05, 0) is 31.2 Å². The molecule has 0 aliphatic heterocycles. The Morgan fingerprint density at radius 2 is 2.05 bits per heavy atom. The van der Waals surface area contributed by atoms with Gasteiger partial charge in [0.25, 0.3) is 0 Å². The Kier molecular flexibility index (Phi) is 3.50. The first kappa shape index (κ1) is 13.5. The lowest BCUT2D eigenvalue weighted by atomic mass is 10.1. The Labute approximate surface area is 108 Å². The summed E-state index contributed by atoms with van der Waals surface area (Å²) < 4.78 is 36.9. The van der Waals surface area contributed by atoms with E-state index in [1.807, 2.05) is 0 Å². The monoisotopic (exact) mass is 269 g/mol. The summed E-state index contributed by atoms with van der Waals surface area (Å²) in [5.74, 6) is 0. The summed E-state index contributed by atoms with van der Waals surface area (Å²) >= 11 is 0. The van der Waals surface area contributed by atoms with Crippen LogP contribution in [-0.4, -0.2) is 17.2 Å². The summed E-state index contributed by atoms with van der Waals surface area (Å²) in [5.41, 5.74) is 7.50. The van der Waals surface area contributed by atoms with Crippen molar-refractivity contribution in [2.24, 2.45) is 0 Å². The van der Waals surface area contributed by atoms with E-state index in [0.717, 1.165) is 5.39 Å². The molecule has 0 aliphatic carbocycles. The van der Waals surface area contributed by atoms with Crippen LogP contribution in [0.15, 0.2) is 30.5 Å². The van der Waals surface area contributed by atoms with Crippen molar-refractivity contribution in [1.82, 2.24) is 4.98 Å². The van der Waals surface area contributed by atoms with Gasteiger partial charge in [0.05, 0.1) is 17.6 Å². The van der Waals surface area contributed by atoms with E-state index in [0.29, 0.717) is 16.9 Å². The summed E-state index contributed by atoms with van der Waals surface area (Å²) in [5, 5.41) is 3.56. The molecule has 0 saturated carbocycles. The number of halogens is 3. The summed E-state index contributed by atoms with van der Waals surface area (Å²) in [7, 11) is 0. The topological polar surface area (TPSA) is 50.9 Å². The molecule has 1 unspecified atom stereocenters. The Bertz CT molecular complexity index is 581. The van der Waals surface area contributed by atoms with E-state index >= 15 is 0 Å². The van der Waals surface area contributed by atoms with Crippen molar-refractivity contribution >= 4 is 22.3 Å². The number of nitrogens with two attached hydrogens (primary N) is 1. The van der Waals surface area contributed by atoms with E-state index < -0.39 is 18.6 Å². The highest BCUT2D eigenvalue weighted by atomic mass is 19.4. The van der Waals surface area contributed by atoms with Gasteiger partial charge < -0.3 is 11.1 Å². The summed E-state index contributed by atoms with van der Waals surface area (Å²) in [6.07, 6.45) is -3.50. The molecule has 1 aromatic carbocycles. The summed E-state index contributed by atoms with van der Waals surface area (Å²) in [6, 6.07) is 6.11. The molecular weight excluding hydrogens is 255 g/mol. The van der Waals surface area contributed by atoms with Crippen molar-refractivity contribution in [2.45, 2.75) is 25.6 Å². The molecule has 0 spiro atoms. The van der Waals surface area contributed by atoms with Crippen LogP contribution in [0, 0.1) is 0 Å². The normalized spacial score (nSPS) is 13.5. The van der Waals surface area contributed by atoms with Gasteiger partial charge in [0.1, 0.15) is 0 Å². The van der Waals surface area contributed by atoms with Crippen LogP contribution in [0.2, 0.25) is 0 Å². The van der Waals surface area contributed by atoms with Gasteiger partial charge in [-0.2, -0.15) is 13.2 Å². The van der Waals surface area contributed by atoms with Crippen LogP contribution in [0.1, 0.15) is 13.3 Å². The predicted octanol–water partition coefficient (Wildman–Crippen LogP) is 3.57. The molecule has 1 heterocycles. The Morgan fingerprint density at radius 1 is 1.32 bits per heavy atom. The fraction of sp³-hybridized carbons (Fsp3) is 0.308. The van der Waals surface area contributed by atoms with Gasteiger partial charge in [-0.15, -0.1) is 0 Å². The lowest BCUT2D eigenvalue weighted by Gasteiger charge is -2.18. The number of pyridine rings is 1. The van der Waals surface area contributed by atoms with Gasteiger partial charge in [0, 0.05) is 23.3 Å². The minimum Gasteiger partial charge on any atom is -0.398 e. The second-order valence-electron chi connectivity index (χ2n) is 4.47. The van der Waals surface area contributed by atoms with Crippen molar-refractivity contribution in [3.05, 3.63) is 30.5 Å². The maximum atomic E-state index is 12.3. The van der Waals surface area contributed by atoms with Gasteiger partial charge in [-0.1, -0.05) is 0 Å². The number of rotatable bonds is 3. The lowest BCUT2D eigenvalue weighted by Crippen LogP contribution is -2.24. The number of benzene rings is 1. The third kappa shape index (κ3) is 3.27. The molecule has 2 aromatic rings. The number of nitrogen functional groups attached to an aromatic ring is 1. The van der Waals surface area contributed by atoms with Gasteiger partial charge in [-0.25, -0.2) is 0 Å². The van der Waals surface area contributed by atoms with E-state index in [4.69, 9.17) is 5.73 Å². The van der Waals surface area contributed by atoms with Crippen LogP contribution in [0.4, 0.5) is 24.5 Å². The molecular formula is C13H14F3N3. The highest BCUT2D eigenvalue weighted by Crippen LogP contribution is 2.28. The molecule has 6 heteroatoms. The van der Waals surface area contributed by atoms with Crippen LogP contribution >= 0.6 is 0 Å². The largest absolute Gasteiger partial charge is 0.398 e. The van der Waals surface area contributed by atoms with Gasteiger partial charge in [0.2, 0.25) is 0 Å². The van der Waals surface area contributed by atoms with Crippen molar-refractivity contribution in [1.29, 1.82) is 0 Å². The van der Waals surface area contributed by atoms with Crippen molar-refractivity contribution < 1.29 is 13.2 Å². The molecule has 102 valence electrons. The molecule has 0 saturated heterocycles. The number of hydrogen-bond donors (Lipinski definition) is 2. The Balaban J connectivity index is 2.29. The second-order valence-corrected chi connectivity index (χ2v) is 4.47. The number of fused-ring (bicyclic) bond motifs is 1. The molecule has 0 amide bonds. The molecule has 1 aromatic heterocycles. The van der Waals surface area contributed by atoms with Crippen molar-refractivity contribution in [3.8, 4) is 0 Å². The summed E-state index contributed by atoms with van der Waals surface area (Å²) in [6.45, 7) is 1.48. The molecule has 3 N–H and O–H groups in total. The maximum absolute atomic E-state index is 12.3. The molecule has 0 fully saturated rings. The van der Waals surface area contributed by atoms with Gasteiger partial charge in [-0.3, -0.25) is 4.98 Å². The number of nitrogens with one attached hydrogen (secondary N) is 1. The maximum Gasteiger partial charge on any atom is 0.391 e. The summed E-state index contributed by atoms with van der Waals surface area (Å²) in [4.78, 5) is 4.17. The van der Waals surface area contributed by atoms with E-state index in [9.17, 15) is 13.2 Å². The van der Waals surface area contributed by atoms with Crippen LogP contribution < -0.4 is 11.1 Å². The number of aromatic nitrogens is 1. The average molecular weight is 269 g/mol. The van der Waals surface area contributed by atoms with Crippen LogP contribution in [0.25, 0.3) is 10.9 Å². The minimum atomic E-state index is -4.19. The highest BCUT2D eigenvalue weighted by molar-refractivity contribution is 5.98. The first-order chi connectivity index (χ1) is 8.87. The average Bonchev–Trinajstić information content (AvgIpc) is 2.31. The lowest BCUT2D eigenvalue weighted by molar-refractivity contribution is -0.136.